The second kappa shape index (κ2) is 4.28. The Morgan fingerprint density at radius 2 is 1.72 bits per heavy atom. The van der Waals surface area contributed by atoms with E-state index in [2.05, 4.69) is 0 Å². The van der Waals surface area contributed by atoms with E-state index in [4.69, 9.17) is 4.74 Å². The van der Waals surface area contributed by atoms with Crippen LogP contribution in [0.3, 0.4) is 0 Å². The van der Waals surface area contributed by atoms with Crippen molar-refractivity contribution in [2.45, 2.75) is 49.9 Å². The third-order valence-electron chi connectivity index (χ3n) is 3.98. The summed E-state index contributed by atoms with van der Waals surface area (Å²) < 4.78 is 32.8. The summed E-state index contributed by atoms with van der Waals surface area (Å²) in [5.74, 6) is -1.16. The van der Waals surface area contributed by atoms with Crippen molar-refractivity contribution in [1.82, 2.24) is 0 Å². The van der Waals surface area contributed by atoms with Crippen molar-refractivity contribution in [2.75, 3.05) is 0 Å². The molecule has 2 bridgehead atoms. The molecule has 1 aromatic carbocycles. The lowest BCUT2D eigenvalue weighted by molar-refractivity contribution is -0.111. The molecule has 2 nitrogen and oxygen atoms in total. The minimum absolute atomic E-state index is 0.0127. The summed E-state index contributed by atoms with van der Waals surface area (Å²) in [4.78, 5) is 0. The molecule has 1 N–H and O–H groups in total. The molecule has 2 heterocycles. The minimum atomic E-state index is -1.03. The molecular formula is C14H16F2O2. The predicted molar refractivity (Wildman–Crippen MR) is 62.1 cm³/mol. The van der Waals surface area contributed by atoms with Gasteiger partial charge in [0.15, 0.2) is 0 Å². The van der Waals surface area contributed by atoms with E-state index in [1.165, 1.54) is 18.2 Å². The number of rotatable bonds is 2. The first-order chi connectivity index (χ1) is 8.56. The largest absolute Gasteiger partial charge is 0.389 e. The third-order valence-corrected chi connectivity index (χ3v) is 3.98. The Kier molecular flexibility index (Phi) is 2.87. The summed E-state index contributed by atoms with van der Waals surface area (Å²) in [6, 6.07) is 3.80. The van der Waals surface area contributed by atoms with Gasteiger partial charge in [0.2, 0.25) is 0 Å². The van der Waals surface area contributed by atoms with Gasteiger partial charge in [0.25, 0.3) is 0 Å². The second-order valence-electron chi connectivity index (χ2n) is 5.47. The quantitative estimate of drug-likeness (QED) is 0.879. The van der Waals surface area contributed by atoms with Crippen LogP contribution in [0.25, 0.3) is 0 Å². The zero-order chi connectivity index (χ0) is 12.8. The molecule has 0 radical (unpaired) electrons. The summed E-state index contributed by atoms with van der Waals surface area (Å²) in [6.07, 6.45) is 2.93. The van der Waals surface area contributed by atoms with Crippen LogP contribution in [0.5, 0.6) is 0 Å². The number of ether oxygens (including phenoxy) is 1. The Hall–Kier alpha value is -1.00. The van der Waals surface area contributed by atoms with Gasteiger partial charge >= 0.3 is 0 Å². The number of hydrogen-bond donors (Lipinski definition) is 1. The number of aliphatic hydroxyl groups is 1. The lowest BCUT2D eigenvalue weighted by atomic mass is 9.84. The van der Waals surface area contributed by atoms with Crippen LogP contribution in [0.4, 0.5) is 8.78 Å². The molecule has 2 aliphatic rings. The van der Waals surface area contributed by atoms with E-state index in [1.54, 1.807) is 0 Å². The zero-order valence-electron chi connectivity index (χ0n) is 10.0. The van der Waals surface area contributed by atoms with E-state index >= 15 is 0 Å². The average Bonchev–Trinajstić information content (AvgIpc) is 2.64. The Morgan fingerprint density at radius 1 is 1.17 bits per heavy atom. The molecule has 1 aromatic rings. The Morgan fingerprint density at radius 3 is 2.28 bits per heavy atom. The van der Waals surface area contributed by atoms with E-state index in [0.717, 1.165) is 12.8 Å². The fraction of sp³-hybridized carbons (Fsp3) is 0.571. The molecule has 18 heavy (non-hydrogen) atoms. The molecule has 0 amide bonds. The summed E-state index contributed by atoms with van der Waals surface area (Å²) in [5, 5.41) is 10.5. The summed E-state index contributed by atoms with van der Waals surface area (Å²) >= 11 is 0. The first kappa shape index (κ1) is 12.1. The fourth-order valence-corrected chi connectivity index (χ4v) is 3.19. The monoisotopic (exact) mass is 254 g/mol. The SMILES string of the molecule is OC1(Cc2c(F)cccc2F)CC2CCC(C1)O2. The third kappa shape index (κ3) is 2.15. The molecule has 2 aliphatic heterocycles. The van der Waals surface area contributed by atoms with Crippen molar-refractivity contribution in [3.63, 3.8) is 0 Å². The molecule has 2 fully saturated rings. The first-order valence-corrected chi connectivity index (χ1v) is 6.36. The van der Waals surface area contributed by atoms with Crippen LogP contribution in [0.15, 0.2) is 18.2 Å². The summed E-state index contributed by atoms with van der Waals surface area (Å²) in [6.45, 7) is 0. The van der Waals surface area contributed by atoms with Gasteiger partial charge in [-0.25, -0.2) is 8.78 Å². The van der Waals surface area contributed by atoms with Crippen molar-refractivity contribution in [1.29, 1.82) is 0 Å². The number of halogens is 2. The molecule has 4 heteroatoms. The van der Waals surface area contributed by atoms with Crippen molar-refractivity contribution in [3.8, 4) is 0 Å². The topological polar surface area (TPSA) is 29.5 Å². The molecule has 0 saturated carbocycles. The molecule has 2 saturated heterocycles. The normalized spacial score (nSPS) is 34.8. The van der Waals surface area contributed by atoms with E-state index in [-0.39, 0.29) is 24.2 Å². The van der Waals surface area contributed by atoms with E-state index in [0.29, 0.717) is 12.8 Å². The Balaban J connectivity index is 1.83. The van der Waals surface area contributed by atoms with E-state index < -0.39 is 17.2 Å². The van der Waals surface area contributed by atoms with Gasteiger partial charge in [-0.15, -0.1) is 0 Å². The van der Waals surface area contributed by atoms with Gasteiger partial charge in [0.05, 0.1) is 17.8 Å². The lowest BCUT2D eigenvalue weighted by Gasteiger charge is -2.36. The summed E-state index contributed by atoms with van der Waals surface area (Å²) in [5.41, 5.74) is -1.05. The summed E-state index contributed by atoms with van der Waals surface area (Å²) in [7, 11) is 0. The highest BCUT2D eigenvalue weighted by Gasteiger charge is 2.44. The Labute approximate surface area is 105 Å². The average molecular weight is 254 g/mol. The zero-order valence-corrected chi connectivity index (χ0v) is 10.0. The molecule has 0 spiro atoms. The van der Waals surface area contributed by atoms with Gasteiger partial charge in [-0.1, -0.05) is 6.07 Å². The van der Waals surface area contributed by atoms with E-state index in [1.807, 2.05) is 0 Å². The maximum Gasteiger partial charge on any atom is 0.129 e. The lowest BCUT2D eigenvalue weighted by Crippen LogP contribution is -2.43. The van der Waals surface area contributed by atoms with Gasteiger partial charge in [-0.05, 0) is 25.0 Å². The molecule has 3 rings (SSSR count). The smallest absolute Gasteiger partial charge is 0.129 e. The molecule has 0 aromatic heterocycles. The first-order valence-electron chi connectivity index (χ1n) is 6.36. The van der Waals surface area contributed by atoms with Crippen molar-refractivity contribution >= 4 is 0 Å². The van der Waals surface area contributed by atoms with Crippen LogP contribution in [0.1, 0.15) is 31.2 Å². The van der Waals surface area contributed by atoms with Crippen LogP contribution in [0.2, 0.25) is 0 Å². The number of benzene rings is 1. The van der Waals surface area contributed by atoms with Gasteiger partial charge in [0, 0.05) is 24.8 Å². The van der Waals surface area contributed by atoms with Crippen molar-refractivity contribution < 1.29 is 18.6 Å². The molecular weight excluding hydrogens is 238 g/mol. The van der Waals surface area contributed by atoms with Crippen LogP contribution >= 0.6 is 0 Å². The van der Waals surface area contributed by atoms with Gasteiger partial charge in [-0.3, -0.25) is 0 Å². The predicted octanol–water partition coefficient (Wildman–Crippen LogP) is 2.58. The van der Waals surface area contributed by atoms with Crippen LogP contribution in [-0.4, -0.2) is 22.9 Å². The standard InChI is InChI=1S/C14H16F2O2/c15-12-2-1-3-13(16)11(12)8-14(17)6-9-4-5-10(7-14)18-9/h1-3,9-10,17H,4-8H2. The van der Waals surface area contributed by atoms with Crippen molar-refractivity contribution in [2.24, 2.45) is 0 Å². The van der Waals surface area contributed by atoms with E-state index in [9.17, 15) is 13.9 Å². The van der Waals surface area contributed by atoms with Crippen LogP contribution in [-0.2, 0) is 11.2 Å². The Bertz CT molecular complexity index is 429. The van der Waals surface area contributed by atoms with Gasteiger partial charge < -0.3 is 9.84 Å². The minimum Gasteiger partial charge on any atom is -0.389 e. The highest BCUT2D eigenvalue weighted by Crippen LogP contribution is 2.40. The highest BCUT2D eigenvalue weighted by atomic mass is 19.1. The van der Waals surface area contributed by atoms with Gasteiger partial charge in [-0.2, -0.15) is 0 Å². The molecule has 2 atom stereocenters. The molecule has 98 valence electrons. The number of hydrogen-bond acceptors (Lipinski definition) is 2. The number of fused-ring (bicyclic) bond motifs is 2. The fourth-order valence-electron chi connectivity index (χ4n) is 3.19. The van der Waals surface area contributed by atoms with Crippen molar-refractivity contribution in [3.05, 3.63) is 35.4 Å². The second-order valence-corrected chi connectivity index (χ2v) is 5.47. The van der Waals surface area contributed by atoms with Gasteiger partial charge in [0.1, 0.15) is 11.6 Å². The maximum absolute atomic E-state index is 13.6. The van der Waals surface area contributed by atoms with Crippen LogP contribution in [0, 0.1) is 11.6 Å². The highest BCUT2D eigenvalue weighted by molar-refractivity contribution is 5.22. The molecule has 2 unspecified atom stereocenters. The maximum atomic E-state index is 13.6. The molecule has 0 aliphatic carbocycles. The van der Waals surface area contributed by atoms with Crippen LogP contribution < -0.4 is 0 Å².